The predicted molar refractivity (Wildman–Crippen MR) is 154 cm³/mol. The highest BCUT2D eigenvalue weighted by atomic mass is 16.5. The lowest BCUT2D eigenvalue weighted by atomic mass is 9.71. The van der Waals surface area contributed by atoms with Crippen molar-refractivity contribution < 1.29 is 64.7 Å². The van der Waals surface area contributed by atoms with E-state index in [2.05, 4.69) is 5.32 Å². The number of nitrogens with one attached hydrogen (secondary N) is 1. The van der Waals surface area contributed by atoms with Crippen molar-refractivity contribution in [2.24, 2.45) is 0 Å². The SMILES string of the molecule is CNCC1(OCC(=O)C=Cc2cc(O)c(O)cc2CO)CC(OCC(=O)C=Cc2ccc(O)c(O)c2)(C(=O)O)CC(O)C1O. The molecule has 2 aromatic carbocycles. The summed E-state index contributed by atoms with van der Waals surface area (Å²) >= 11 is 0. The van der Waals surface area contributed by atoms with Crippen LogP contribution < -0.4 is 5.32 Å². The summed E-state index contributed by atoms with van der Waals surface area (Å²) in [4.78, 5) is 37.7. The Kier molecular flexibility index (Phi) is 11.2. The number of carboxylic acids is 1. The quantitative estimate of drug-likeness (QED) is 0.102. The Morgan fingerprint density at radius 2 is 1.52 bits per heavy atom. The molecular weight excluding hydrogens is 582 g/mol. The van der Waals surface area contributed by atoms with Gasteiger partial charge in [-0.2, -0.15) is 0 Å². The Bertz CT molecular complexity index is 1440. The molecule has 0 saturated heterocycles. The average Bonchev–Trinajstić information content (AvgIpc) is 2.98. The molecule has 0 heterocycles. The van der Waals surface area contributed by atoms with Crippen molar-refractivity contribution in [1.82, 2.24) is 5.32 Å². The maximum Gasteiger partial charge on any atom is 0.336 e. The number of ketones is 2. The van der Waals surface area contributed by atoms with Gasteiger partial charge in [0.2, 0.25) is 0 Å². The van der Waals surface area contributed by atoms with Gasteiger partial charge in [0.1, 0.15) is 24.9 Å². The van der Waals surface area contributed by atoms with Crippen LogP contribution in [0.2, 0.25) is 0 Å². The highest BCUT2D eigenvalue weighted by Gasteiger charge is 2.59. The topological polar surface area (TPSA) is 244 Å². The Hall–Kier alpha value is -4.31. The lowest BCUT2D eigenvalue weighted by Gasteiger charge is -2.49. The Morgan fingerprint density at radius 3 is 2.14 bits per heavy atom. The number of ether oxygens (including phenoxy) is 2. The number of phenols is 4. The van der Waals surface area contributed by atoms with Crippen LogP contribution in [0.25, 0.3) is 12.2 Å². The minimum Gasteiger partial charge on any atom is -0.504 e. The van der Waals surface area contributed by atoms with Gasteiger partial charge in [-0.15, -0.1) is 0 Å². The lowest BCUT2D eigenvalue weighted by Crippen LogP contribution is -2.67. The standard InChI is InChI=1S/C30H35NO13/c1-31-16-30(44-14-21(34)6-4-18-9-24(37)25(38)10-19(18)12-32)15-29(28(41)42,11-26(39)27(30)40)43-13-20(33)5-2-17-3-7-22(35)23(36)8-17/h2-10,26-27,31-32,35-40H,11-16H2,1H3,(H,41,42). The number of hydrogen-bond donors (Lipinski definition) is 9. The molecule has 238 valence electrons. The highest BCUT2D eigenvalue weighted by molar-refractivity contribution is 5.95. The number of aliphatic hydroxyl groups excluding tert-OH is 3. The molecule has 1 saturated carbocycles. The molecule has 2 aromatic rings. The molecule has 14 nitrogen and oxygen atoms in total. The van der Waals surface area contributed by atoms with E-state index in [1.165, 1.54) is 37.4 Å². The molecular formula is C30H35NO13. The van der Waals surface area contributed by atoms with Crippen LogP contribution in [0.5, 0.6) is 23.0 Å². The van der Waals surface area contributed by atoms with Gasteiger partial charge in [-0.25, -0.2) is 4.79 Å². The number of benzene rings is 2. The molecule has 0 amide bonds. The molecule has 1 fully saturated rings. The monoisotopic (exact) mass is 617 g/mol. The van der Waals surface area contributed by atoms with E-state index in [0.29, 0.717) is 5.56 Å². The second-order valence-electron chi connectivity index (χ2n) is 10.4. The molecule has 0 aromatic heterocycles. The van der Waals surface area contributed by atoms with Crippen molar-refractivity contribution in [2.45, 2.75) is 42.9 Å². The van der Waals surface area contributed by atoms with E-state index in [1.807, 2.05) is 0 Å². The van der Waals surface area contributed by atoms with E-state index < -0.39 is 90.9 Å². The Morgan fingerprint density at radius 1 is 0.909 bits per heavy atom. The van der Waals surface area contributed by atoms with Crippen LogP contribution in [-0.4, -0.2) is 109 Å². The van der Waals surface area contributed by atoms with E-state index in [0.717, 1.165) is 24.3 Å². The first-order valence-corrected chi connectivity index (χ1v) is 13.4. The van der Waals surface area contributed by atoms with Crippen LogP contribution in [0.1, 0.15) is 29.5 Å². The zero-order valence-electron chi connectivity index (χ0n) is 23.7. The summed E-state index contributed by atoms with van der Waals surface area (Å²) in [5.41, 5.74) is -3.24. The van der Waals surface area contributed by atoms with Crippen LogP contribution in [-0.2, 0) is 30.5 Å². The molecule has 1 aliphatic rings. The van der Waals surface area contributed by atoms with Gasteiger partial charge >= 0.3 is 5.97 Å². The lowest BCUT2D eigenvalue weighted by molar-refractivity contribution is -0.236. The summed E-state index contributed by atoms with van der Waals surface area (Å²) < 4.78 is 11.4. The summed E-state index contributed by atoms with van der Waals surface area (Å²) in [6.07, 6.45) is 0.215. The van der Waals surface area contributed by atoms with Crippen molar-refractivity contribution >= 4 is 29.7 Å². The highest BCUT2D eigenvalue weighted by Crippen LogP contribution is 2.41. The molecule has 14 heteroatoms. The number of hydrogen-bond acceptors (Lipinski definition) is 13. The number of phenolic OH excluding ortho intramolecular Hbond substituents is 4. The fourth-order valence-electron chi connectivity index (χ4n) is 4.91. The Balaban J connectivity index is 1.77. The van der Waals surface area contributed by atoms with Gasteiger partial charge in [-0.1, -0.05) is 18.2 Å². The third-order valence-electron chi connectivity index (χ3n) is 7.20. The maximum absolute atomic E-state index is 12.7. The van der Waals surface area contributed by atoms with Crippen LogP contribution in [0.3, 0.4) is 0 Å². The number of aromatic hydroxyl groups is 4. The number of carbonyl (C=O) groups is 3. The number of aliphatic hydroxyl groups is 3. The summed E-state index contributed by atoms with van der Waals surface area (Å²) in [6, 6.07) is 6.12. The molecule has 1 aliphatic carbocycles. The van der Waals surface area contributed by atoms with Crippen LogP contribution in [0.15, 0.2) is 42.5 Å². The largest absolute Gasteiger partial charge is 0.504 e. The summed E-state index contributed by atoms with van der Waals surface area (Å²) in [6.45, 7) is -2.14. The maximum atomic E-state index is 12.7. The molecule has 0 bridgehead atoms. The number of aliphatic carboxylic acids is 1. The number of carbonyl (C=O) groups excluding carboxylic acids is 2. The fraction of sp³-hybridized carbons (Fsp3) is 0.367. The van der Waals surface area contributed by atoms with Gasteiger partial charge < -0.3 is 55.6 Å². The minimum atomic E-state index is -2.20. The van der Waals surface area contributed by atoms with E-state index in [9.17, 15) is 55.2 Å². The summed E-state index contributed by atoms with van der Waals surface area (Å²) in [5, 5.41) is 82.4. The van der Waals surface area contributed by atoms with Gasteiger partial charge in [0.05, 0.1) is 12.7 Å². The summed E-state index contributed by atoms with van der Waals surface area (Å²) in [5.74, 6) is -4.55. The fourth-order valence-corrected chi connectivity index (χ4v) is 4.91. The molecule has 0 spiro atoms. The molecule has 0 aliphatic heterocycles. The Labute approximate surface area is 251 Å². The van der Waals surface area contributed by atoms with E-state index in [-0.39, 0.29) is 23.4 Å². The first kappa shape index (κ1) is 34.2. The minimum absolute atomic E-state index is 0.219. The van der Waals surface area contributed by atoms with Gasteiger partial charge in [-0.05, 0) is 60.2 Å². The normalized spacial score (nSPS) is 23.7. The third kappa shape index (κ3) is 7.99. The van der Waals surface area contributed by atoms with Crippen LogP contribution >= 0.6 is 0 Å². The zero-order chi connectivity index (χ0) is 32.7. The predicted octanol–water partition coefficient (Wildman–Crippen LogP) is 0.196. The van der Waals surface area contributed by atoms with Crippen molar-refractivity contribution in [3.63, 3.8) is 0 Å². The molecule has 4 unspecified atom stereocenters. The van der Waals surface area contributed by atoms with Gasteiger partial charge in [0.25, 0.3) is 0 Å². The molecule has 3 rings (SSSR count). The number of likely N-dealkylation sites (N-methyl/N-ethyl adjacent to an activating group) is 1. The molecule has 0 radical (unpaired) electrons. The van der Waals surface area contributed by atoms with Gasteiger partial charge in [0, 0.05) is 19.4 Å². The zero-order valence-corrected chi connectivity index (χ0v) is 23.7. The van der Waals surface area contributed by atoms with E-state index in [4.69, 9.17) is 9.47 Å². The molecule has 44 heavy (non-hydrogen) atoms. The van der Waals surface area contributed by atoms with Gasteiger partial charge in [-0.3, -0.25) is 9.59 Å². The number of rotatable bonds is 14. The van der Waals surface area contributed by atoms with Crippen molar-refractivity contribution in [3.05, 3.63) is 59.2 Å². The molecule has 4 atom stereocenters. The smallest absolute Gasteiger partial charge is 0.336 e. The second kappa shape index (κ2) is 14.4. The second-order valence-corrected chi connectivity index (χ2v) is 10.4. The van der Waals surface area contributed by atoms with E-state index >= 15 is 0 Å². The number of carboxylic acid groups (broad SMARTS) is 1. The third-order valence-corrected chi connectivity index (χ3v) is 7.20. The first-order valence-electron chi connectivity index (χ1n) is 13.4. The van der Waals surface area contributed by atoms with Crippen LogP contribution in [0, 0.1) is 0 Å². The van der Waals surface area contributed by atoms with Gasteiger partial charge in [0.15, 0.2) is 40.2 Å². The van der Waals surface area contributed by atoms with E-state index in [1.54, 1.807) is 0 Å². The summed E-state index contributed by atoms with van der Waals surface area (Å²) in [7, 11) is 1.48. The van der Waals surface area contributed by atoms with Crippen LogP contribution in [0.4, 0.5) is 0 Å². The molecule has 9 N–H and O–H groups in total. The van der Waals surface area contributed by atoms with Crippen molar-refractivity contribution in [2.75, 3.05) is 26.8 Å². The van der Waals surface area contributed by atoms with Crippen molar-refractivity contribution in [1.29, 1.82) is 0 Å². The average molecular weight is 618 g/mol. The van der Waals surface area contributed by atoms with Crippen molar-refractivity contribution in [3.8, 4) is 23.0 Å². The first-order chi connectivity index (χ1) is 20.8.